The van der Waals surface area contributed by atoms with Gasteiger partial charge in [-0.25, -0.2) is 0 Å². The van der Waals surface area contributed by atoms with Crippen molar-refractivity contribution < 1.29 is 4.79 Å². The van der Waals surface area contributed by atoms with E-state index in [1.54, 1.807) is 11.8 Å². The topological polar surface area (TPSA) is 29.1 Å². The van der Waals surface area contributed by atoms with Crippen LogP contribution in [0.1, 0.15) is 29.2 Å². The average molecular weight is 372 g/mol. The zero-order chi connectivity index (χ0) is 18.5. The van der Waals surface area contributed by atoms with Crippen LogP contribution in [-0.2, 0) is 4.79 Å². The number of amides is 1. The maximum absolute atomic E-state index is 12.5. The minimum absolute atomic E-state index is 0.0465. The lowest BCUT2D eigenvalue weighted by atomic mass is 10.1. The molecule has 3 heteroatoms. The molecule has 1 aliphatic rings. The third-order valence-electron chi connectivity index (χ3n) is 4.74. The highest BCUT2D eigenvalue weighted by atomic mass is 32.2. The zero-order valence-electron chi connectivity index (χ0n) is 15.0. The number of carbonyl (C=O) groups is 1. The maximum Gasteiger partial charge on any atom is 0.221 e. The standard InChI is InChI=1S/C24H21NOS/c26-23(15-17-27-16-14-18-8-2-1-3-9-18)25-24-21-12-6-4-10-19(21)20-11-5-7-13-22(20)24/h1-14,16,24H,15,17H2,(H,25,26). The van der Waals surface area contributed by atoms with E-state index < -0.39 is 0 Å². The van der Waals surface area contributed by atoms with Gasteiger partial charge in [-0.1, -0.05) is 78.9 Å². The molecule has 3 aromatic carbocycles. The van der Waals surface area contributed by atoms with Gasteiger partial charge in [0.05, 0.1) is 6.04 Å². The van der Waals surface area contributed by atoms with Gasteiger partial charge in [0.2, 0.25) is 5.91 Å². The van der Waals surface area contributed by atoms with Gasteiger partial charge in [0, 0.05) is 12.2 Å². The van der Waals surface area contributed by atoms with Crippen LogP contribution in [0, 0.1) is 0 Å². The van der Waals surface area contributed by atoms with E-state index in [4.69, 9.17) is 0 Å². The number of hydrogen-bond donors (Lipinski definition) is 1. The summed E-state index contributed by atoms with van der Waals surface area (Å²) < 4.78 is 0. The van der Waals surface area contributed by atoms with Gasteiger partial charge in [-0.05, 0) is 39.3 Å². The third-order valence-corrected chi connectivity index (χ3v) is 5.51. The van der Waals surface area contributed by atoms with E-state index in [0.29, 0.717) is 6.42 Å². The van der Waals surface area contributed by atoms with Crippen LogP contribution < -0.4 is 5.32 Å². The van der Waals surface area contributed by atoms with Gasteiger partial charge in [0.25, 0.3) is 0 Å². The molecule has 2 nitrogen and oxygen atoms in total. The molecule has 134 valence electrons. The third kappa shape index (κ3) is 3.99. The highest BCUT2D eigenvalue weighted by Crippen LogP contribution is 2.42. The predicted octanol–water partition coefficient (Wildman–Crippen LogP) is 5.67. The lowest BCUT2D eigenvalue weighted by molar-refractivity contribution is -0.121. The average Bonchev–Trinajstić information content (AvgIpc) is 3.03. The minimum atomic E-state index is -0.0465. The molecule has 1 amide bonds. The normalized spacial score (nSPS) is 12.7. The molecule has 0 aliphatic heterocycles. The van der Waals surface area contributed by atoms with Crippen molar-refractivity contribution in [3.8, 4) is 11.1 Å². The molecule has 0 heterocycles. The number of hydrogen-bond acceptors (Lipinski definition) is 2. The molecule has 0 unspecified atom stereocenters. The summed E-state index contributed by atoms with van der Waals surface area (Å²) in [6.07, 6.45) is 2.58. The van der Waals surface area contributed by atoms with Gasteiger partial charge in [0.1, 0.15) is 0 Å². The van der Waals surface area contributed by atoms with Crippen molar-refractivity contribution in [1.82, 2.24) is 5.32 Å². The lowest BCUT2D eigenvalue weighted by Crippen LogP contribution is -2.28. The summed E-state index contributed by atoms with van der Waals surface area (Å²) >= 11 is 1.66. The molecule has 0 fully saturated rings. The number of benzene rings is 3. The summed E-state index contributed by atoms with van der Waals surface area (Å²) in [7, 11) is 0. The number of thioether (sulfide) groups is 1. The van der Waals surface area contributed by atoms with Crippen molar-refractivity contribution in [3.05, 3.63) is 101 Å². The van der Waals surface area contributed by atoms with Crippen molar-refractivity contribution in [3.63, 3.8) is 0 Å². The highest BCUT2D eigenvalue weighted by molar-refractivity contribution is 8.02. The van der Waals surface area contributed by atoms with Gasteiger partial charge in [-0.2, -0.15) is 0 Å². The number of nitrogens with one attached hydrogen (secondary N) is 1. The Morgan fingerprint density at radius 1 is 0.852 bits per heavy atom. The van der Waals surface area contributed by atoms with Gasteiger partial charge in [0.15, 0.2) is 0 Å². The molecule has 0 radical (unpaired) electrons. The molecule has 3 aromatic rings. The van der Waals surface area contributed by atoms with E-state index in [0.717, 1.165) is 5.75 Å². The summed E-state index contributed by atoms with van der Waals surface area (Å²) in [6.45, 7) is 0. The summed E-state index contributed by atoms with van der Waals surface area (Å²) in [5.41, 5.74) is 5.98. The molecule has 27 heavy (non-hydrogen) atoms. The van der Waals surface area contributed by atoms with Crippen LogP contribution in [0.2, 0.25) is 0 Å². The van der Waals surface area contributed by atoms with Gasteiger partial charge in [-0.15, -0.1) is 11.8 Å². The minimum Gasteiger partial charge on any atom is -0.345 e. The van der Waals surface area contributed by atoms with E-state index in [1.165, 1.54) is 27.8 Å². The Morgan fingerprint density at radius 2 is 1.44 bits per heavy atom. The smallest absolute Gasteiger partial charge is 0.221 e. The molecule has 0 atom stereocenters. The molecular formula is C24H21NOS. The Bertz CT molecular complexity index is 919. The molecular weight excluding hydrogens is 350 g/mol. The SMILES string of the molecule is O=C(CCSC=Cc1ccccc1)NC1c2ccccc2-c2ccccc21. The predicted molar refractivity (Wildman–Crippen MR) is 114 cm³/mol. The molecule has 0 spiro atoms. The molecule has 1 N–H and O–H groups in total. The Morgan fingerprint density at radius 3 is 2.11 bits per heavy atom. The fourth-order valence-electron chi connectivity index (χ4n) is 3.45. The van der Waals surface area contributed by atoms with E-state index >= 15 is 0 Å². The first-order valence-corrected chi connectivity index (χ1v) is 10.2. The van der Waals surface area contributed by atoms with Gasteiger partial charge < -0.3 is 5.32 Å². The molecule has 0 saturated heterocycles. The zero-order valence-corrected chi connectivity index (χ0v) is 15.8. The molecule has 0 saturated carbocycles. The van der Waals surface area contributed by atoms with Crippen LogP contribution in [0.5, 0.6) is 0 Å². The first-order valence-electron chi connectivity index (χ1n) is 9.14. The highest BCUT2D eigenvalue weighted by Gasteiger charge is 2.28. The Labute approximate surface area is 164 Å². The first kappa shape index (κ1) is 17.6. The summed E-state index contributed by atoms with van der Waals surface area (Å²) in [4.78, 5) is 12.5. The van der Waals surface area contributed by atoms with E-state index in [9.17, 15) is 4.79 Å². The molecule has 4 rings (SSSR count). The van der Waals surface area contributed by atoms with Crippen LogP contribution in [0.4, 0.5) is 0 Å². The number of rotatable bonds is 6. The molecule has 1 aliphatic carbocycles. The lowest BCUT2D eigenvalue weighted by Gasteiger charge is -2.15. The maximum atomic E-state index is 12.5. The second kappa shape index (κ2) is 8.28. The van der Waals surface area contributed by atoms with Gasteiger partial charge >= 0.3 is 0 Å². The monoisotopic (exact) mass is 371 g/mol. The van der Waals surface area contributed by atoms with E-state index in [-0.39, 0.29) is 11.9 Å². The first-order chi connectivity index (χ1) is 13.3. The second-order valence-electron chi connectivity index (χ2n) is 6.51. The van der Waals surface area contributed by atoms with Crippen molar-refractivity contribution in [2.75, 3.05) is 5.75 Å². The van der Waals surface area contributed by atoms with Crippen LogP contribution in [-0.4, -0.2) is 11.7 Å². The second-order valence-corrected chi connectivity index (χ2v) is 7.52. The van der Waals surface area contributed by atoms with Crippen LogP contribution in [0.25, 0.3) is 17.2 Å². The summed E-state index contributed by atoms with van der Waals surface area (Å²) in [5.74, 6) is 0.859. The van der Waals surface area contributed by atoms with Crippen molar-refractivity contribution in [2.45, 2.75) is 12.5 Å². The van der Waals surface area contributed by atoms with Crippen LogP contribution >= 0.6 is 11.8 Å². The number of fused-ring (bicyclic) bond motifs is 3. The summed E-state index contributed by atoms with van der Waals surface area (Å²) in [5, 5.41) is 5.28. The Hall–Kier alpha value is -2.78. The van der Waals surface area contributed by atoms with Crippen LogP contribution in [0.3, 0.4) is 0 Å². The Kier molecular flexibility index (Phi) is 5.40. The summed E-state index contributed by atoms with van der Waals surface area (Å²) in [6, 6.07) is 26.8. The largest absolute Gasteiger partial charge is 0.345 e. The van der Waals surface area contributed by atoms with Crippen molar-refractivity contribution in [2.24, 2.45) is 0 Å². The van der Waals surface area contributed by atoms with Crippen LogP contribution in [0.15, 0.2) is 84.3 Å². The molecule has 0 bridgehead atoms. The van der Waals surface area contributed by atoms with Crippen molar-refractivity contribution in [1.29, 1.82) is 0 Å². The Balaban J connectivity index is 1.35. The van der Waals surface area contributed by atoms with Crippen molar-refractivity contribution >= 4 is 23.7 Å². The molecule has 0 aromatic heterocycles. The van der Waals surface area contributed by atoms with E-state index in [2.05, 4.69) is 65.3 Å². The fourth-order valence-corrected chi connectivity index (χ4v) is 4.15. The fraction of sp³-hybridized carbons (Fsp3) is 0.125. The number of carbonyl (C=O) groups excluding carboxylic acids is 1. The van der Waals surface area contributed by atoms with Gasteiger partial charge in [-0.3, -0.25) is 4.79 Å². The quantitative estimate of drug-likeness (QED) is 0.566. The van der Waals surface area contributed by atoms with E-state index in [1.807, 2.05) is 30.3 Å².